The lowest BCUT2D eigenvalue weighted by Crippen LogP contribution is -2.19. The third kappa shape index (κ3) is 2.61. The fraction of sp³-hybridized carbons (Fsp3) is 0.800. The van der Waals surface area contributed by atoms with Gasteiger partial charge in [0, 0.05) is 6.61 Å². The minimum atomic E-state index is 0.263. The van der Waals surface area contributed by atoms with Gasteiger partial charge in [-0.05, 0) is 44.6 Å². The predicted octanol–water partition coefficient (Wildman–Crippen LogP) is 1.44. The Morgan fingerprint density at radius 1 is 1.50 bits per heavy atom. The van der Waals surface area contributed by atoms with Gasteiger partial charge in [0.05, 0.1) is 0 Å². The predicted molar refractivity (Wildman–Crippen MR) is 50.8 cm³/mol. The van der Waals surface area contributed by atoms with E-state index in [1.165, 1.54) is 31.3 Å². The summed E-state index contributed by atoms with van der Waals surface area (Å²) in [5.41, 5.74) is 7.12. The lowest BCUT2D eigenvalue weighted by molar-refractivity contribution is 0.266. The summed E-state index contributed by atoms with van der Waals surface area (Å²) in [5, 5.41) is 8.82. The standard InChI is InChI=1S/C10H19NO/c11-8-10(6-7-12)9-4-2-1-3-5-9/h4,10,12H,1-3,5-8,11H2. The first kappa shape index (κ1) is 9.75. The molecular formula is C10H19NO. The first-order valence-corrected chi connectivity index (χ1v) is 4.88. The molecule has 0 amide bonds. The first-order valence-electron chi connectivity index (χ1n) is 4.88. The van der Waals surface area contributed by atoms with Gasteiger partial charge in [0.25, 0.3) is 0 Å². The highest BCUT2D eigenvalue weighted by Crippen LogP contribution is 2.25. The third-order valence-electron chi connectivity index (χ3n) is 2.61. The molecule has 70 valence electrons. The van der Waals surface area contributed by atoms with Crippen LogP contribution in [0.3, 0.4) is 0 Å². The first-order chi connectivity index (χ1) is 5.88. The van der Waals surface area contributed by atoms with Crippen LogP contribution >= 0.6 is 0 Å². The van der Waals surface area contributed by atoms with Crippen molar-refractivity contribution in [2.75, 3.05) is 13.2 Å². The van der Waals surface area contributed by atoms with Crippen LogP contribution in [0.5, 0.6) is 0 Å². The Hall–Kier alpha value is -0.340. The highest BCUT2D eigenvalue weighted by Gasteiger charge is 2.13. The van der Waals surface area contributed by atoms with Gasteiger partial charge in [-0.25, -0.2) is 0 Å². The Bertz CT molecular complexity index is 154. The van der Waals surface area contributed by atoms with Crippen LogP contribution in [0.2, 0.25) is 0 Å². The summed E-state index contributed by atoms with van der Waals surface area (Å²) in [5.74, 6) is 0.440. The molecule has 0 spiro atoms. The molecule has 0 saturated carbocycles. The fourth-order valence-electron chi connectivity index (χ4n) is 1.84. The summed E-state index contributed by atoms with van der Waals surface area (Å²) in [6.07, 6.45) is 8.17. The molecule has 0 saturated heterocycles. The van der Waals surface area contributed by atoms with Crippen molar-refractivity contribution in [2.24, 2.45) is 11.7 Å². The summed E-state index contributed by atoms with van der Waals surface area (Å²) < 4.78 is 0. The van der Waals surface area contributed by atoms with Crippen molar-refractivity contribution in [3.63, 3.8) is 0 Å². The smallest absolute Gasteiger partial charge is 0.0437 e. The minimum absolute atomic E-state index is 0.263. The van der Waals surface area contributed by atoms with E-state index >= 15 is 0 Å². The van der Waals surface area contributed by atoms with E-state index in [1.54, 1.807) is 0 Å². The Labute approximate surface area is 74.5 Å². The van der Waals surface area contributed by atoms with E-state index < -0.39 is 0 Å². The summed E-state index contributed by atoms with van der Waals surface area (Å²) >= 11 is 0. The number of allylic oxidation sites excluding steroid dienone is 1. The van der Waals surface area contributed by atoms with Crippen molar-refractivity contribution in [2.45, 2.75) is 32.1 Å². The fourth-order valence-corrected chi connectivity index (χ4v) is 1.84. The van der Waals surface area contributed by atoms with Crippen LogP contribution in [0.15, 0.2) is 11.6 Å². The molecule has 1 rings (SSSR count). The van der Waals surface area contributed by atoms with Crippen molar-refractivity contribution < 1.29 is 5.11 Å². The normalized spacial score (nSPS) is 20.3. The Kier molecular flexibility index (Phi) is 4.33. The zero-order valence-corrected chi connectivity index (χ0v) is 7.63. The maximum Gasteiger partial charge on any atom is 0.0437 e. The quantitative estimate of drug-likeness (QED) is 0.626. The van der Waals surface area contributed by atoms with Crippen LogP contribution in [-0.4, -0.2) is 18.3 Å². The van der Waals surface area contributed by atoms with Crippen molar-refractivity contribution in [1.29, 1.82) is 0 Å². The van der Waals surface area contributed by atoms with Crippen LogP contribution in [0, 0.1) is 5.92 Å². The van der Waals surface area contributed by atoms with E-state index in [0.29, 0.717) is 12.5 Å². The number of nitrogens with two attached hydrogens (primary N) is 1. The number of aliphatic hydroxyl groups is 1. The van der Waals surface area contributed by atoms with Crippen LogP contribution < -0.4 is 5.73 Å². The lowest BCUT2D eigenvalue weighted by Gasteiger charge is -2.20. The monoisotopic (exact) mass is 169 g/mol. The molecule has 1 atom stereocenters. The highest BCUT2D eigenvalue weighted by molar-refractivity contribution is 5.09. The van der Waals surface area contributed by atoms with Crippen LogP contribution in [0.1, 0.15) is 32.1 Å². The Morgan fingerprint density at radius 2 is 2.33 bits per heavy atom. The molecule has 0 aliphatic heterocycles. The van der Waals surface area contributed by atoms with E-state index in [-0.39, 0.29) is 6.61 Å². The topological polar surface area (TPSA) is 46.2 Å². The molecule has 0 heterocycles. The summed E-state index contributed by atoms with van der Waals surface area (Å²) in [7, 11) is 0. The molecule has 0 aromatic heterocycles. The molecule has 1 unspecified atom stereocenters. The van der Waals surface area contributed by atoms with Gasteiger partial charge in [-0.15, -0.1) is 0 Å². The average molecular weight is 169 g/mol. The Morgan fingerprint density at radius 3 is 2.83 bits per heavy atom. The van der Waals surface area contributed by atoms with E-state index in [0.717, 1.165) is 6.42 Å². The summed E-state index contributed by atoms with van der Waals surface area (Å²) in [6, 6.07) is 0. The second-order valence-corrected chi connectivity index (χ2v) is 3.47. The number of rotatable bonds is 4. The Balaban J connectivity index is 2.45. The highest BCUT2D eigenvalue weighted by atomic mass is 16.3. The van der Waals surface area contributed by atoms with Crippen molar-refractivity contribution in [1.82, 2.24) is 0 Å². The van der Waals surface area contributed by atoms with E-state index in [2.05, 4.69) is 6.08 Å². The largest absolute Gasteiger partial charge is 0.396 e. The van der Waals surface area contributed by atoms with Gasteiger partial charge in [-0.3, -0.25) is 0 Å². The number of aliphatic hydroxyl groups excluding tert-OH is 1. The summed E-state index contributed by atoms with van der Waals surface area (Å²) in [6.45, 7) is 0.950. The minimum Gasteiger partial charge on any atom is -0.396 e. The molecule has 0 fully saturated rings. The molecule has 0 aromatic rings. The molecule has 3 N–H and O–H groups in total. The van der Waals surface area contributed by atoms with Crippen LogP contribution in [0.4, 0.5) is 0 Å². The van der Waals surface area contributed by atoms with E-state index in [1.807, 2.05) is 0 Å². The van der Waals surface area contributed by atoms with Crippen LogP contribution in [0.25, 0.3) is 0 Å². The summed E-state index contributed by atoms with van der Waals surface area (Å²) in [4.78, 5) is 0. The van der Waals surface area contributed by atoms with Gasteiger partial charge in [0.2, 0.25) is 0 Å². The van der Waals surface area contributed by atoms with Gasteiger partial charge >= 0.3 is 0 Å². The molecular weight excluding hydrogens is 150 g/mol. The third-order valence-corrected chi connectivity index (χ3v) is 2.61. The molecule has 0 bridgehead atoms. The molecule has 2 nitrogen and oxygen atoms in total. The van der Waals surface area contributed by atoms with Gasteiger partial charge in [-0.2, -0.15) is 0 Å². The number of hydrogen-bond acceptors (Lipinski definition) is 2. The average Bonchev–Trinajstić information content (AvgIpc) is 2.15. The van der Waals surface area contributed by atoms with Crippen molar-refractivity contribution >= 4 is 0 Å². The van der Waals surface area contributed by atoms with Crippen molar-refractivity contribution in [3.8, 4) is 0 Å². The van der Waals surface area contributed by atoms with Gasteiger partial charge < -0.3 is 10.8 Å². The SMILES string of the molecule is NCC(CCO)C1=CCCCC1. The molecule has 2 heteroatoms. The van der Waals surface area contributed by atoms with E-state index in [4.69, 9.17) is 10.8 Å². The zero-order valence-electron chi connectivity index (χ0n) is 7.63. The lowest BCUT2D eigenvalue weighted by atomic mass is 9.87. The van der Waals surface area contributed by atoms with Gasteiger partial charge in [-0.1, -0.05) is 11.6 Å². The second-order valence-electron chi connectivity index (χ2n) is 3.47. The van der Waals surface area contributed by atoms with Gasteiger partial charge in [0.1, 0.15) is 0 Å². The van der Waals surface area contributed by atoms with Gasteiger partial charge in [0.15, 0.2) is 0 Å². The maximum atomic E-state index is 8.82. The number of hydrogen-bond donors (Lipinski definition) is 2. The molecule has 1 aliphatic rings. The molecule has 12 heavy (non-hydrogen) atoms. The van der Waals surface area contributed by atoms with Crippen LogP contribution in [-0.2, 0) is 0 Å². The molecule has 0 radical (unpaired) electrons. The maximum absolute atomic E-state index is 8.82. The molecule has 1 aliphatic carbocycles. The van der Waals surface area contributed by atoms with Crippen molar-refractivity contribution in [3.05, 3.63) is 11.6 Å². The molecule has 0 aromatic carbocycles. The zero-order chi connectivity index (χ0) is 8.81. The van der Waals surface area contributed by atoms with E-state index in [9.17, 15) is 0 Å². The second kappa shape index (κ2) is 5.33.